The van der Waals surface area contributed by atoms with E-state index >= 15 is 0 Å². The molecule has 6 nitrogen and oxygen atoms in total. The van der Waals surface area contributed by atoms with Gasteiger partial charge in [0, 0.05) is 18.4 Å². The number of carboxylic acid groups (broad SMARTS) is 1. The average molecular weight is 379 g/mol. The molecule has 0 aliphatic heterocycles. The number of hydrogen-bond donors (Lipinski definition) is 2. The van der Waals surface area contributed by atoms with Gasteiger partial charge in [0.25, 0.3) is 0 Å². The Hall–Kier alpha value is -2.58. The van der Waals surface area contributed by atoms with E-state index in [2.05, 4.69) is 0 Å². The minimum absolute atomic E-state index is 0.0172. The topological polar surface area (TPSA) is 115 Å². The summed E-state index contributed by atoms with van der Waals surface area (Å²) in [6.45, 7) is 0. The second-order valence-electron chi connectivity index (χ2n) is 5.76. The van der Waals surface area contributed by atoms with Crippen LogP contribution in [0.4, 0.5) is 4.39 Å². The van der Waals surface area contributed by atoms with Crippen molar-refractivity contribution in [2.24, 2.45) is 5.73 Å². The van der Waals surface area contributed by atoms with Crippen LogP contribution in [0, 0.1) is 5.82 Å². The normalized spacial score (nSPS) is 12.5. The number of aliphatic carboxylic acids is 1. The highest BCUT2D eigenvalue weighted by Crippen LogP contribution is 2.18. The van der Waals surface area contributed by atoms with E-state index in [1.165, 1.54) is 12.1 Å². The Morgan fingerprint density at radius 1 is 1.00 bits per heavy atom. The lowest BCUT2D eigenvalue weighted by Gasteiger charge is -2.13. The van der Waals surface area contributed by atoms with Gasteiger partial charge in [-0.15, -0.1) is 0 Å². The molecule has 0 bridgehead atoms. The molecule has 0 fully saturated rings. The fourth-order valence-corrected chi connectivity index (χ4v) is 3.61. The molecule has 26 heavy (non-hydrogen) atoms. The smallest absolute Gasteiger partial charge is 0.303 e. The highest BCUT2D eigenvalue weighted by atomic mass is 32.2. The van der Waals surface area contributed by atoms with Crippen LogP contribution < -0.4 is 5.73 Å². The molecule has 0 amide bonds. The monoisotopic (exact) mass is 379 g/mol. The molecular formula is C18H18FNO5S. The van der Waals surface area contributed by atoms with Crippen molar-refractivity contribution < 1.29 is 27.5 Å². The van der Waals surface area contributed by atoms with E-state index in [1.54, 1.807) is 12.1 Å². The van der Waals surface area contributed by atoms with E-state index in [0.29, 0.717) is 11.1 Å². The number of Topliss-reactive ketones (excluding diaryl/α,β-unsaturated/α-hetero) is 1. The van der Waals surface area contributed by atoms with Crippen molar-refractivity contribution in [3.63, 3.8) is 0 Å². The summed E-state index contributed by atoms with van der Waals surface area (Å²) in [7, 11) is -3.82. The summed E-state index contributed by atoms with van der Waals surface area (Å²) in [5.74, 6) is -1.89. The van der Waals surface area contributed by atoms with Crippen molar-refractivity contribution in [1.29, 1.82) is 0 Å². The van der Waals surface area contributed by atoms with Crippen LogP contribution in [0.5, 0.6) is 0 Å². The van der Waals surface area contributed by atoms with E-state index in [-0.39, 0.29) is 29.9 Å². The van der Waals surface area contributed by atoms with Gasteiger partial charge in [0.15, 0.2) is 15.6 Å². The maximum Gasteiger partial charge on any atom is 0.303 e. The third kappa shape index (κ3) is 4.96. The van der Waals surface area contributed by atoms with Crippen LogP contribution in [0.2, 0.25) is 0 Å². The third-order valence-electron chi connectivity index (χ3n) is 3.82. The highest BCUT2D eigenvalue weighted by molar-refractivity contribution is 7.92. The first-order chi connectivity index (χ1) is 12.2. The van der Waals surface area contributed by atoms with Gasteiger partial charge in [-0.05, 0) is 29.8 Å². The number of benzene rings is 2. The predicted octanol–water partition coefficient (Wildman–Crippen LogP) is 2.17. The molecule has 0 heterocycles. The van der Waals surface area contributed by atoms with Crippen LogP contribution in [0.15, 0.2) is 53.4 Å². The summed E-state index contributed by atoms with van der Waals surface area (Å²) in [5.41, 5.74) is 6.78. The van der Waals surface area contributed by atoms with Crippen LogP contribution in [0.3, 0.4) is 0 Å². The Morgan fingerprint density at radius 2 is 1.58 bits per heavy atom. The van der Waals surface area contributed by atoms with Crippen molar-refractivity contribution in [1.82, 2.24) is 0 Å². The number of carboxylic acids is 1. The lowest BCUT2D eigenvalue weighted by Crippen LogP contribution is -2.32. The predicted molar refractivity (Wildman–Crippen MR) is 92.9 cm³/mol. The number of carbonyl (C=O) groups is 2. The van der Waals surface area contributed by atoms with E-state index in [9.17, 15) is 22.4 Å². The molecule has 0 aliphatic rings. The Bertz CT molecular complexity index is 892. The average Bonchev–Trinajstić information content (AvgIpc) is 2.60. The number of hydrogen-bond acceptors (Lipinski definition) is 5. The second-order valence-corrected chi connectivity index (χ2v) is 7.92. The third-order valence-corrected chi connectivity index (χ3v) is 5.71. The van der Waals surface area contributed by atoms with Gasteiger partial charge in [-0.3, -0.25) is 9.59 Å². The molecule has 1 atom stereocenters. The Morgan fingerprint density at radius 3 is 2.12 bits per heavy atom. The van der Waals surface area contributed by atoms with Crippen LogP contribution in [-0.4, -0.2) is 30.7 Å². The van der Waals surface area contributed by atoms with E-state index < -0.39 is 27.0 Å². The number of rotatable bonds is 8. The van der Waals surface area contributed by atoms with Crippen molar-refractivity contribution in [2.45, 2.75) is 29.5 Å². The molecule has 0 spiro atoms. The van der Waals surface area contributed by atoms with Gasteiger partial charge < -0.3 is 10.8 Å². The standard InChI is InChI=1S/C18H18FNO5S/c19-14-5-7-15(8-6-14)26(24,25)17(20)11-12-1-3-13(4-2-12)16(21)9-10-18(22)23/h1-8,17H,9-11,20H2,(H,22,23). The van der Waals surface area contributed by atoms with E-state index in [4.69, 9.17) is 10.8 Å². The van der Waals surface area contributed by atoms with Gasteiger partial charge in [0.05, 0.1) is 11.3 Å². The van der Waals surface area contributed by atoms with Crippen molar-refractivity contribution in [2.75, 3.05) is 0 Å². The summed E-state index contributed by atoms with van der Waals surface area (Å²) >= 11 is 0. The lowest BCUT2D eigenvalue weighted by atomic mass is 10.0. The molecule has 138 valence electrons. The molecule has 1 unspecified atom stereocenters. The van der Waals surface area contributed by atoms with Gasteiger partial charge in [0.1, 0.15) is 11.2 Å². The highest BCUT2D eigenvalue weighted by Gasteiger charge is 2.24. The summed E-state index contributed by atoms with van der Waals surface area (Å²) < 4.78 is 37.8. The summed E-state index contributed by atoms with van der Waals surface area (Å²) in [5, 5.41) is 7.37. The van der Waals surface area contributed by atoms with Crippen LogP contribution >= 0.6 is 0 Å². The first-order valence-electron chi connectivity index (χ1n) is 7.79. The van der Waals surface area contributed by atoms with E-state index in [0.717, 1.165) is 24.3 Å². The molecule has 2 aromatic carbocycles. The number of sulfone groups is 1. The number of nitrogens with two attached hydrogens (primary N) is 1. The SMILES string of the molecule is NC(Cc1ccc(C(=O)CCC(=O)O)cc1)S(=O)(=O)c1ccc(F)cc1. The summed E-state index contributed by atoms with van der Waals surface area (Å²) in [6, 6.07) is 10.6. The molecular weight excluding hydrogens is 361 g/mol. The van der Waals surface area contributed by atoms with Gasteiger partial charge in [-0.2, -0.15) is 0 Å². The zero-order valence-electron chi connectivity index (χ0n) is 13.8. The Balaban J connectivity index is 2.07. The molecule has 0 aromatic heterocycles. The maximum atomic E-state index is 12.9. The number of halogens is 1. The first kappa shape index (κ1) is 19.7. The van der Waals surface area contributed by atoms with Crippen LogP contribution in [0.25, 0.3) is 0 Å². The van der Waals surface area contributed by atoms with E-state index in [1.807, 2.05) is 0 Å². The molecule has 8 heteroatoms. The number of carbonyl (C=O) groups excluding carboxylic acids is 1. The van der Waals surface area contributed by atoms with Crippen LogP contribution in [0.1, 0.15) is 28.8 Å². The maximum absolute atomic E-state index is 12.9. The number of ketones is 1. The van der Waals surface area contributed by atoms with Gasteiger partial charge in [0.2, 0.25) is 0 Å². The molecule has 0 radical (unpaired) electrons. The van der Waals surface area contributed by atoms with Crippen molar-refractivity contribution in [3.05, 3.63) is 65.5 Å². The zero-order valence-corrected chi connectivity index (χ0v) is 14.6. The quantitative estimate of drug-likeness (QED) is 0.537. The van der Waals surface area contributed by atoms with Crippen molar-refractivity contribution >= 4 is 21.6 Å². The molecule has 3 N–H and O–H groups in total. The van der Waals surface area contributed by atoms with Gasteiger partial charge in [-0.25, -0.2) is 12.8 Å². The fraction of sp³-hybridized carbons (Fsp3) is 0.222. The van der Waals surface area contributed by atoms with Gasteiger partial charge >= 0.3 is 5.97 Å². The lowest BCUT2D eigenvalue weighted by molar-refractivity contribution is -0.136. The Kier molecular flexibility index (Phi) is 6.23. The Labute approximate surface area is 150 Å². The molecule has 0 aliphatic carbocycles. The summed E-state index contributed by atoms with van der Waals surface area (Å²) in [4.78, 5) is 22.3. The fourth-order valence-electron chi connectivity index (χ4n) is 2.33. The zero-order chi connectivity index (χ0) is 19.3. The molecule has 2 rings (SSSR count). The molecule has 2 aromatic rings. The molecule has 0 saturated carbocycles. The first-order valence-corrected chi connectivity index (χ1v) is 9.34. The minimum Gasteiger partial charge on any atom is -0.481 e. The van der Waals surface area contributed by atoms with Crippen LogP contribution in [-0.2, 0) is 21.1 Å². The van der Waals surface area contributed by atoms with Crippen molar-refractivity contribution in [3.8, 4) is 0 Å². The summed E-state index contributed by atoms with van der Waals surface area (Å²) in [6.07, 6.45) is -0.335. The minimum atomic E-state index is -3.82. The largest absolute Gasteiger partial charge is 0.481 e. The molecule has 0 saturated heterocycles. The van der Waals surface area contributed by atoms with Gasteiger partial charge in [-0.1, -0.05) is 24.3 Å². The second kappa shape index (κ2) is 8.20.